The first kappa shape index (κ1) is 16.8. The van der Waals surface area contributed by atoms with E-state index in [1.165, 1.54) is 30.9 Å². The highest BCUT2D eigenvalue weighted by Gasteiger charge is 2.38. The van der Waals surface area contributed by atoms with Crippen molar-refractivity contribution >= 4 is 17.7 Å². The Kier molecular flexibility index (Phi) is 5.10. The molecule has 1 aromatic rings. The van der Waals surface area contributed by atoms with Gasteiger partial charge in [0.25, 0.3) is 0 Å². The summed E-state index contributed by atoms with van der Waals surface area (Å²) in [6.45, 7) is 0.304. The lowest BCUT2D eigenvalue weighted by molar-refractivity contribution is -0.161. The van der Waals surface area contributed by atoms with E-state index in [4.69, 9.17) is 9.47 Å². The molecule has 0 aromatic heterocycles. The number of benzene rings is 1. The number of amides is 1. The van der Waals surface area contributed by atoms with E-state index < -0.39 is 23.9 Å². The summed E-state index contributed by atoms with van der Waals surface area (Å²) in [7, 11) is 2.98. The maximum absolute atomic E-state index is 12.4. The van der Waals surface area contributed by atoms with Gasteiger partial charge in [-0.05, 0) is 17.7 Å². The molecule has 8 heteroatoms. The number of hydrogen-bond acceptors (Lipinski definition) is 4. The average molecular weight is 335 g/mol. The molecule has 1 unspecified atom stereocenters. The van der Waals surface area contributed by atoms with Gasteiger partial charge in [-0.2, -0.15) is 13.2 Å². The minimum Gasteiger partial charge on any atom is -0.493 e. The van der Waals surface area contributed by atoms with Gasteiger partial charge in [0.2, 0.25) is 5.91 Å². The van der Waals surface area contributed by atoms with Crippen molar-refractivity contribution in [3.63, 3.8) is 0 Å². The molecule has 0 saturated carbocycles. The smallest absolute Gasteiger partial charge is 0.397 e. The zero-order valence-electron chi connectivity index (χ0n) is 12.1. The Morgan fingerprint density at radius 2 is 2.00 bits per heavy atom. The van der Waals surface area contributed by atoms with Gasteiger partial charge in [-0.15, -0.1) is 11.8 Å². The standard InChI is InChI=1S/C14H16F3NO3S/c1-20-10-4-3-9(7-11(10)21-2)13-18(5-6-22-13)12(19)8-14(15,16)17/h3-4,7,13H,5-6,8H2,1-2H3. The van der Waals surface area contributed by atoms with Crippen LogP contribution in [-0.4, -0.2) is 43.5 Å². The Bertz CT molecular complexity index is 551. The van der Waals surface area contributed by atoms with Crippen LogP contribution in [-0.2, 0) is 4.79 Å². The second kappa shape index (κ2) is 6.68. The lowest BCUT2D eigenvalue weighted by Gasteiger charge is -2.25. The van der Waals surface area contributed by atoms with Crippen molar-refractivity contribution in [2.24, 2.45) is 0 Å². The van der Waals surface area contributed by atoms with Crippen LogP contribution in [0.1, 0.15) is 17.4 Å². The van der Waals surface area contributed by atoms with Crippen molar-refractivity contribution in [2.75, 3.05) is 26.5 Å². The molecule has 0 bridgehead atoms. The highest BCUT2D eigenvalue weighted by atomic mass is 32.2. The van der Waals surface area contributed by atoms with Gasteiger partial charge in [0, 0.05) is 12.3 Å². The Hall–Kier alpha value is -1.57. The monoisotopic (exact) mass is 335 g/mol. The molecular weight excluding hydrogens is 319 g/mol. The third kappa shape index (κ3) is 3.79. The number of hydrogen-bond donors (Lipinski definition) is 0. The van der Waals surface area contributed by atoms with Gasteiger partial charge in [0.1, 0.15) is 11.8 Å². The summed E-state index contributed by atoms with van der Waals surface area (Å²) in [5, 5.41) is -0.436. The third-order valence-electron chi connectivity index (χ3n) is 3.26. The zero-order valence-corrected chi connectivity index (χ0v) is 13.0. The number of alkyl halides is 3. The molecule has 1 fully saturated rings. The van der Waals surface area contributed by atoms with E-state index in [2.05, 4.69) is 0 Å². The van der Waals surface area contributed by atoms with Crippen LogP contribution < -0.4 is 9.47 Å². The summed E-state index contributed by atoms with van der Waals surface area (Å²) in [6, 6.07) is 5.10. The quantitative estimate of drug-likeness (QED) is 0.847. The zero-order chi connectivity index (χ0) is 16.3. The van der Waals surface area contributed by atoms with Crippen LogP contribution in [0.25, 0.3) is 0 Å². The maximum Gasteiger partial charge on any atom is 0.397 e. The topological polar surface area (TPSA) is 38.8 Å². The number of carbonyl (C=O) groups excluding carboxylic acids is 1. The van der Waals surface area contributed by atoms with Gasteiger partial charge in [-0.25, -0.2) is 0 Å². The molecule has 22 heavy (non-hydrogen) atoms. The number of methoxy groups -OCH3 is 2. The summed E-state index contributed by atoms with van der Waals surface area (Å²) in [5.41, 5.74) is 0.718. The highest BCUT2D eigenvalue weighted by molar-refractivity contribution is 7.99. The molecule has 1 aliphatic heterocycles. The molecule has 0 N–H and O–H groups in total. The first-order valence-electron chi connectivity index (χ1n) is 6.55. The van der Waals surface area contributed by atoms with Crippen LogP contribution in [0.2, 0.25) is 0 Å². The largest absolute Gasteiger partial charge is 0.493 e. The fourth-order valence-electron chi connectivity index (χ4n) is 2.28. The molecule has 1 saturated heterocycles. The summed E-state index contributed by atoms with van der Waals surface area (Å²) in [6.07, 6.45) is -5.93. The molecule has 4 nitrogen and oxygen atoms in total. The fourth-order valence-corrected chi connectivity index (χ4v) is 3.55. The van der Waals surface area contributed by atoms with Crippen molar-refractivity contribution in [3.05, 3.63) is 23.8 Å². The third-order valence-corrected chi connectivity index (χ3v) is 4.52. The van der Waals surface area contributed by atoms with Gasteiger partial charge in [0.15, 0.2) is 11.5 Å². The van der Waals surface area contributed by atoms with E-state index in [-0.39, 0.29) is 0 Å². The molecule has 1 aromatic carbocycles. The number of halogens is 3. The molecule has 1 amide bonds. The second-order valence-corrected chi connectivity index (χ2v) is 5.90. The first-order valence-corrected chi connectivity index (χ1v) is 7.60. The van der Waals surface area contributed by atoms with Crippen molar-refractivity contribution in [3.8, 4) is 11.5 Å². The van der Waals surface area contributed by atoms with Crippen LogP contribution in [0.5, 0.6) is 11.5 Å². The number of thioether (sulfide) groups is 1. The van der Waals surface area contributed by atoms with Crippen LogP contribution in [0.15, 0.2) is 18.2 Å². The van der Waals surface area contributed by atoms with Crippen LogP contribution in [0.3, 0.4) is 0 Å². The van der Waals surface area contributed by atoms with E-state index in [0.29, 0.717) is 23.8 Å². The SMILES string of the molecule is COc1ccc(C2SCCN2C(=O)CC(F)(F)F)cc1OC. The van der Waals surface area contributed by atoms with E-state index >= 15 is 0 Å². The molecule has 0 aliphatic carbocycles. The Morgan fingerprint density at radius 1 is 1.32 bits per heavy atom. The minimum absolute atomic E-state index is 0.304. The Labute approximate surface area is 130 Å². The fraction of sp³-hybridized carbons (Fsp3) is 0.500. The van der Waals surface area contributed by atoms with E-state index in [9.17, 15) is 18.0 Å². The molecule has 1 heterocycles. The number of nitrogens with zero attached hydrogens (tertiary/aromatic N) is 1. The maximum atomic E-state index is 12.4. The van der Waals surface area contributed by atoms with E-state index in [0.717, 1.165) is 5.56 Å². The Balaban J connectivity index is 2.22. The summed E-state index contributed by atoms with van der Waals surface area (Å²) in [4.78, 5) is 13.1. The van der Waals surface area contributed by atoms with Crippen molar-refractivity contribution in [2.45, 2.75) is 18.0 Å². The van der Waals surface area contributed by atoms with E-state index in [1.54, 1.807) is 18.2 Å². The van der Waals surface area contributed by atoms with E-state index in [1.807, 2.05) is 0 Å². The molecular formula is C14H16F3NO3S. The van der Waals surface area contributed by atoms with Crippen LogP contribution in [0, 0.1) is 0 Å². The van der Waals surface area contributed by atoms with Crippen LogP contribution >= 0.6 is 11.8 Å². The van der Waals surface area contributed by atoms with Gasteiger partial charge in [0.05, 0.1) is 14.2 Å². The molecule has 122 valence electrons. The summed E-state index contributed by atoms with van der Waals surface area (Å²) >= 11 is 1.43. The summed E-state index contributed by atoms with van der Waals surface area (Å²) in [5.74, 6) is 0.707. The summed E-state index contributed by atoms with van der Waals surface area (Å²) < 4.78 is 47.6. The molecule has 2 rings (SSSR count). The molecule has 1 aliphatic rings. The Morgan fingerprint density at radius 3 is 2.59 bits per heavy atom. The molecule has 1 atom stereocenters. The van der Waals surface area contributed by atoms with Crippen molar-refractivity contribution in [1.29, 1.82) is 0 Å². The van der Waals surface area contributed by atoms with Gasteiger partial charge >= 0.3 is 6.18 Å². The van der Waals surface area contributed by atoms with Gasteiger partial charge in [-0.1, -0.05) is 6.07 Å². The first-order chi connectivity index (χ1) is 10.4. The lowest BCUT2D eigenvalue weighted by atomic mass is 10.1. The highest BCUT2D eigenvalue weighted by Crippen LogP contribution is 2.41. The number of ether oxygens (including phenoxy) is 2. The molecule has 0 spiro atoms. The van der Waals surface area contributed by atoms with Crippen molar-refractivity contribution in [1.82, 2.24) is 4.90 Å². The minimum atomic E-state index is -4.49. The average Bonchev–Trinajstić information content (AvgIpc) is 2.94. The van der Waals surface area contributed by atoms with Crippen molar-refractivity contribution < 1.29 is 27.4 Å². The van der Waals surface area contributed by atoms with Gasteiger partial charge < -0.3 is 14.4 Å². The van der Waals surface area contributed by atoms with Gasteiger partial charge in [-0.3, -0.25) is 4.79 Å². The normalized spacial score (nSPS) is 18.4. The second-order valence-electron chi connectivity index (χ2n) is 4.72. The number of carbonyl (C=O) groups is 1. The lowest BCUT2D eigenvalue weighted by Crippen LogP contribution is -2.33. The molecule has 0 radical (unpaired) electrons. The predicted molar refractivity (Wildman–Crippen MR) is 77.1 cm³/mol. The number of rotatable bonds is 4. The predicted octanol–water partition coefficient (Wildman–Crippen LogP) is 3.23. The van der Waals surface area contributed by atoms with Crippen LogP contribution in [0.4, 0.5) is 13.2 Å².